The number of amides is 2. The van der Waals surface area contributed by atoms with Gasteiger partial charge in [0, 0.05) is 19.0 Å². The van der Waals surface area contributed by atoms with E-state index in [4.69, 9.17) is 5.73 Å². The lowest BCUT2D eigenvalue weighted by Gasteiger charge is -2.35. The summed E-state index contributed by atoms with van der Waals surface area (Å²) in [5, 5.41) is 13.8. The molecule has 7 heteroatoms. The Kier molecular flexibility index (Phi) is 4.35. The van der Waals surface area contributed by atoms with E-state index in [1.165, 1.54) is 0 Å². The first-order chi connectivity index (χ1) is 9.11. The van der Waals surface area contributed by atoms with Gasteiger partial charge in [0.1, 0.15) is 12.1 Å². The van der Waals surface area contributed by atoms with E-state index in [0.29, 0.717) is 25.9 Å². The van der Waals surface area contributed by atoms with Crippen LogP contribution in [0.25, 0.3) is 0 Å². The number of carbonyl (C=O) groups is 2. The molecule has 104 valence electrons. The number of nitrogens with zero attached hydrogens (tertiary/aromatic N) is 2. The summed E-state index contributed by atoms with van der Waals surface area (Å²) in [7, 11) is 0. The van der Waals surface area contributed by atoms with Crippen LogP contribution in [0.3, 0.4) is 0 Å². The molecular formula is C12H19N5O2. The van der Waals surface area contributed by atoms with Gasteiger partial charge in [-0.15, -0.1) is 0 Å². The minimum atomic E-state index is -0.415. The molecular weight excluding hydrogens is 246 g/mol. The molecule has 0 saturated carbocycles. The molecule has 0 aliphatic carbocycles. The highest BCUT2D eigenvalue weighted by Crippen LogP contribution is 2.20. The van der Waals surface area contributed by atoms with E-state index in [0.717, 1.165) is 12.8 Å². The number of nitrogens with one attached hydrogen (secondary N) is 2. The lowest BCUT2D eigenvalue weighted by molar-refractivity contribution is -0.125. The van der Waals surface area contributed by atoms with Crippen LogP contribution in [-0.4, -0.2) is 42.0 Å². The maximum atomic E-state index is 11.5. The van der Waals surface area contributed by atoms with E-state index < -0.39 is 18.0 Å². The van der Waals surface area contributed by atoms with Gasteiger partial charge in [-0.3, -0.25) is 9.59 Å². The number of hydrogen-bond acceptors (Lipinski definition) is 5. The molecule has 2 amide bonds. The first kappa shape index (κ1) is 13.8. The molecule has 0 bridgehead atoms. The largest absolute Gasteiger partial charge is 0.368 e. The Bertz CT molecular complexity index is 405. The van der Waals surface area contributed by atoms with Crippen molar-refractivity contribution in [3.05, 3.63) is 0 Å². The highest BCUT2D eigenvalue weighted by Gasteiger charge is 2.33. The number of rotatable bonds is 4. The fourth-order valence-corrected chi connectivity index (χ4v) is 2.64. The molecule has 4 N–H and O–H groups in total. The molecule has 0 aromatic heterocycles. The smallest absolute Gasteiger partial charge is 0.235 e. The van der Waals surface area contributed by atoms with Gasteiger partial charge in [0.2, 0.25) is 11.8 Å². The molecule has 2 heterocycles. The first-order valence-corrected chi connectivity index (χ1v) is 6.61. The third-order valence-electron chi connectivity index (χ3n) is 3.75. The van der Waals surface area contributed by atoms with E-state index in [1.807, 2.05) is 0 Å². The number of hydrazine groups is 1. The van der Waals surface area contributed by atoms with E-state index >= 15 is 0 Å². The van der Waals surface area contributed by atoms with Gasteiger partial charge in [0.25, 0.3) is 0 Å². The third-order valence-corrected chi connectivity index (χ3v) is 3.75. The Balaban J connectivity index is 1.95. The van der Waals surface area contributed by atoms with Gasteiger partial charge in [0.15, 0.2) is 0 Å². The van der Waals surface area contributed by atoms with Crippen molar-refractivity contribution in [1.82, 2.24) is 15.8 Å². The summed E-state index contributed by atoms with van der Waals surface area (Å²) in [6, 6.07) is 1.39. The van der Waals surface area contributed by atoms with Gasteiger partial charge in [-0.05, 0) is 25.7 Å². The molecule has 2 saturated heterocycles. The van der Waals surface area contributed by atoms with Crippen molar-refractivity contribution >= 4 is 11.8 Å². The highest BCUT2D eigenvalue weighted by atomic mass is 16.2. The van der Waals surface area contributed by atoms with Gasteiger partial charge < -0.3 is 11.1 Å². The van der Waals surface area contributed by atoms with Crippen molar-refractivity contribution in [2.24, 2.45) is 11.7 Å². The van der Waals surface area contributed by atoms with Crippen LogP contribution in [-0.2, 0) is 9.59 Å². The zero-order chi connectivity index (χ0) is 13.8. The Morgan fingerprint density at radius 2 is 2.37 bits per heavy atom. The number of carbonyl (C=O) groups excluding carboxylic acids is 2. The quantitative estimate of drug-likeness (QED) is 0.595. The monoisotopic (exact) mass is 265 g/mol. The van der Waals surface area contributed by atoms with Crippen molar-refractivity contribution in [3.63, 3.8) is 0 Å². The fourth-order valence-electron chi connectivity index (χ4n) is 2.64. The lowest BCUT2D eigenvalue weighted by atomic mass is 9.98. The predicted molar refractivity (Wildman–Crippen MR) is 67.2 cm³/mol. The maximum Gasteiger partial charge on any atom is 0.235 e. The molecule has 2 aliphatic heterocycles. The van der Waals surface area contributed by atoms with Crippen molar-refractivity contribution in [2.75, 3.05) is 13.1 Å². The van der Waals surface area contributed by atoms with E-state index in [2.05, 4.69) is 16.8 Å². The predicted octanol–water partition coefficient (Wildman–Crippen LogP) is -1.14. The van der Waals surface area contributed by atoms with Gasteiger partial charge in [-0.2, -0.15) is 5.26 Å². The van der Waals surface area contributed by atoms with Crippen LogP contribution >= 0.6 is 0 Å². The van der Waals surface area contributed by atoms with Gasteiger partial charge >= 0.3 is 0 Å². The lowest BCUT2D eigenvalue weighted by Crippen LogP contribution is -2.58. The Morgan fingerprint density at radius 3 is 2.95 bits per heavy atom. The molecule has 2 rings (SSSR count). The number of nitriles is 1. The number of primary amides is 1. The van der Waals surface area contributed by atoms with Crippen LogP contribution < -0.4 is 16.5 Å². The standard InChI is InChI=1S/C12H19N5O2/c13-7-9(6-8-3-4-15-12(8)19)17-5-1-2-10(16-17)11(14)18/h8-10,16H,1-6H2,(H2,14,18)(H,15,19)/t8-,9-,10?/m0/s1. The average molecular weight is 265 g/mol. The molecule has 0 spiro atoms. The van der Waals surface area contributed by atoms with Crippen molar-refractivity contribution in [1.29, 1.82) is 5.26 Å². The highest BCUT2D eigenvalue weighted by molar-refractivity contribution is 5.80. The van der Waals surface area contributed by atoms with E-state index in [9.17, 15) is 14.9 Å². The van der Waals surface area contributed by atoms with Crippen molar-refractivity contribution < 1.29 is 9.59 Å². The Morgan fingerprint density at radius 1 is 1.58 bits per heavy atom. The molecule has 19 heavy (non-hydrogen) atoms. The first-order valence-electron chi connectivity index (χ1n) is 6.61. The number of nitrogens with two attached hydrogens (primary N) is 1. The SMILES string of the molecule is N#C[C@H](C[C@@H]1CCNC1=O)N1CCCC(C(N)=O)N1. The normalized spacial score (nSPS) is 29.5. The Hall–Kier alpha value is -1.65. The van der Waals surface area contributed by atoms with Crippen molar-refractivity contribution in [3.8, 4) is 6.07 Å². The molecule has 7 nitrogen and oxygen atoms in total. The zero-order valence-corrected chi connectivity index (χ0v) is 10.8. The second kappa shape index (κ2) is 5.99. The Labute approximate surface area is 112 Å². The summed E-state index contributed by atoms with van der Waals surface area (Å²) >= 11 is 0. The van der Waals surface area contributed by atoms with Crippen LogP contribution in [0.2, 0.25) is 0 Å². The zero-order valence-electron chi connectivity index (χ0n) is 10.8. The second-order valence-corrected chi connectivity index (χ2v) is 5.08. The van der Waals surface area contributed by atoms with Crippen LogP contribution in [0.4, 0.5) is 0 Å². The van der Waals surface area contributed by atoms with Crippen LogP contribution in [0.15, 0.2) is 0 Å². The molecule has 0 radical (unpaired) electrons. The minimum Gasteiger partial charge on any atom is -0.368 e. The summed E-state index contributed by atoms with van der Waals surface area (Å²) in [5.74, 6) is -0.496. The molecule has 0 aromatic carbocycles. The van der Waals surface area contributed by atoms with Crippen molar-refractivity contribution in [2.45, 2.75) is 37.8 Å². The van der Waals surface area contributed by atoms with Crippen LogP contribution in [0, 0.1) is 17.2 Å². The van der Waals surface area contributed by atoms with E-state index in [-0.39, 0.29) is 11.8 Å². The fraction of sp³-hybridized carbons (Fsp3) is 0.750. The molecule has 2 fully saturated rings. The molecule has 2 aliphatic rings. The van der Waals surface area contributed by atoms with Crippen LogP contribution in [0.5, 0.6) is 0 Å². The number of hydrogen-bond donors (Lipinski definition) is 3. The third kappa shape index (κ3) is 3.22. The van der Waals surface area contributed by atoms with Gasteiger partial charge in [0.05, 0.1) is 6.07 Å². The molecule has 3 atom stereocenters. The molecule has 0 aromatic rings. The summed E-state index contributed by atoms with van der Waals surface area (Å²) in [5.41, 5.74) is 8.28. The van der Waals surface area contributed by atoms with E-state index in [1.54, 1.807) is 5.01 Å². The summed E-state index contributed by atoms with van der Waals surface area (Å²) in [4.78, 5) is 22.7. The topological polar surface area (TPSA) is 111 Å². The summed E-state index contributed by atoms with van der Waals surface area (Å²) < 4.78 is 0. The van der Waals surface area contributed by atoms with Gasteiger partial charge in [-0.25, -0.2) is 10.4 Å². The average Bonchev–Trinajstić information content (AvgIpc) is 2.81. The van der Waals surface area contributed by atoms with Gasteiger partial charge in [-0.1, -0.05) is 0 Å². The summed E-state index contributed by atoms with van der Waals surface area (Å²) in [6.07, 6.45) is 2.76. The second-order valence-electron chi connectivity index (χ2n) is 5.08. The van der Waals surface area contributed by atoms with Crippen LogP contribution in [0.1, 0.15) is 25.7 Å². The minimum absolute atomic E-state index is 0.0173. The molecule has 1 unspecified atom stereocenters. The maximum absolute atomic E-state index is 11.5. The summed E-state index contributed by atoms with van der Waals surface area (Å²) in [6.45, 7) is 1.37.